The molecule has 2 aromatic heterocycles. The van der Waals surface area contributed by atoms with Gasteiger partial charge in [0.2, 0.25) is 0 Å². The molecule has 5 heteroatoms. The quantitative estimate of drug-likeness (QED) is 0.421. The van der Waals surface area contributed by atoms with Crippen molar-refractivity contribution in [3.63, 3.8) is 0 Å². The number of fused-ring (bicyclic) bond motifs is 1. The Kier molecular flexibility index (Phi) is 4.96. The molecule has 1 aromatic carbocycles. The van der Waals surface area contributed by atoms with E-state index in [2.05, 4.69) is 24.5 Å². The van der Waals surface area contributed by atoms with Crippen LogP contribution in [0.5, 0.6) is 0 Å². The van der Waals surface area contributed by atoms with Gasteiger partial charge in [-0.1, -0.05) is 0 Å². The maximum Gasteiger partial charge on any atom is 0.336 e. The molecule has 0 aliphatic heterocycles. The lowest BCUT2D eigenvalue weighted by molar-refractivity contribution is 0.102. The molecule has 4 nitrogen and oxygen atoms in total. The minimum atomic E-state index is -0.342. The molecule has 0 spiro atoms. The summed E-state index contributed by atoms with van der Waals surface area (Å²) in [6, 6.07) is 8.13. The zero-order chi connectivity index (χ0) is 20.0. The second-order valence-corrected chi connectivity index (χ2v) is 8.81. The topological polar surface area (TPSA) is 52.2 Å². The van der Waals surface area contributed by atoms with Crippen LogP contribution in [0.1, 0.15) is 57.3 Å². The van der Waals surface area contributed by atoms with Crippen LogP contribution in [0.3, 0.4) is 0 Å². The second-order valence-electron chi connectivity index (χ2n) is 7.83. The van der Waals surface area contributed by atoms with Crippen LogP contribution >= 0.6 is 11.8 Å². The summed E-state index contributed by atoms with van der Waals surface area (Å²) in [5.41, 5.74) is 6.55. The predicted molar refractivity (Wildman–Crippen MR) is 115 cm³/mol. The number of aryl methyl sites for hydroxylation is 3. The van der Waals surface area contributed by atoms with Gasteiger partial charge in [0.25, 0.3) is 0 Å². The number of carbonyl (C=O) groups excluding carboxylic acids is 1. The molecule has 0 saturated heterocycles. The van der Waals surface area contributed by atoms with Gasteiger partial charge < -0.3 is 8.98 Å². The van der Waals surface area contributed by atoms with E-state index in [1.807, 2.05) is 26.0 Å². The highest BCUT2D eigenvalue weighted by atomic mass is 32.2. The molecule has 1 saturated carbocycles. The maximum absolute atomic E-state index is 12.8. The number of rotatable bonds is 6. The van der Waals surface area contributed by atoms with Crippen LogP contribution in [0.25, 0.3) is 11.0 Å². The summed E-state index contributed by atoms with van der Waals surface area (Å²) in [6.07, 6.45) is 2.42. The van der Waals surface area contributed by atoms with E-state index in [1.165, 1.54) is 18.5 Å². The fraction of sp³-hybridized carbons (Fsp3) is 0.391. The van der Waals surface area contributed by atoms with Crippen LogP contribution in [-0.4, -0.2) is 16.1 Å². The fourth-order valence-electron chi connectivity index (χ4n) is 3.89. The molecule has 28 heavy (non-hydrogen) atoms. The summed E-state index contributed by atoms with van der Waals surface area (Å²) in [6.45, 7) is 8.18. The Balaban J connectivity index is 1.51. The van der Waals surface area contributed by atoms with Crippen molar-refractivity contribution in [3.8, 4) is 0 Å². The molecule has 1 aliphatic rings. The van der Waals surface area contributed by atoms with E-state index in [-0.39, 0.29) is 11.4 Å². The van der Waals surface area contributed by atoms with Crippen molar-refractivity contribution >= 4 is 28.5 Å². The Morgan fingerprint density at radius 3 is 2.54 bits per heavy atom. The number of ketones is 1. The van der Waals surface area contributed by atoms with Gasteiger partial charge in [0.1, 0.15) is 5.58 Å². The number of benzene rings is 1. The maximum atomic E-state index is 12.8. The van der Waals surface area contributed by atoms with Gasteiger partial charge in [-0.25, -0.2) is 4.79 Å². The van der Waals surface area contributed by atoms with Gasteiger partial charge in [-0.15, -0.1) is 11.8 Å². The van der Waals surface area contributed by atoms with E-state index in [9.17, 15) is 9.59 Å². The smallest absolute Gasteiger partial charge is 0.336 e. The third-order valence-electron chi connectivity index (χ3n) is 5.63. The van der Waals surface area contributed by atoms with Gasteiger partial charge in [-0.2, -0.15) is 0 Å². The highest BCUT2D eigenvalue weighted by Crippen LogP contribution is 2.38. The lowest BCUT2D eigenvalue weighted by Gasteiger charge is -2.09. The van der Waals surface area contributed by atoms with E-state index in [4.69, 9.17) is 4.42 Å². The SMILES string of the molecule is Cc1cc2oc(=O)cc(CSCC(=O)c3cc(C)n(C4CC4)c3C)c2cc1C. The summed E-state index contributed by atoms with van der Waals surface area (Å²) >= 11 is 1.55. The van der Waals surface area contributed by atoms with Crippen LogP contribution < -0.4 is 5.63 Å². The summed E-state index contributed by atoms with van der Waals surface area (Å²) in [5, 5.41) is 0.953. The molecule has 1 fully saturated rings. The van der Waals surface area contributed by atoms with Gasteiger partial charge in [0, 0.05) is 40.2 Å². The molecule has 2 heterocycles. The third kappa shape index (κ3) is 3.55. The van der Waals surface area contributed by atoms with Crippen molar-refractivity contribution in [2.45, 2.75) is 52.3 Å². The van der Waals surface area contributed by atoms with E-state index in [1.54, 1.807) is 17.8 Å². The van der Waals surface area contributed by atoms with Crippen LogP contribution in [0, 0.1) is 27.7 Å². The molecule has 0 amide bonds. The Morgan fingerprint density at radius 2 is 1.82 bits per heavy atom. The van der Waals surface area contributed by atoms with Gasteiger partial charge in [-0.05, 0) is 75.4 Å². The first-order valence-electron chi connectivity index (χ1n) is 9.68. The predicted octanol–water partition coefficient (Wildman–Crippen LogP) is 5.28. The Hall–Kier alpha value is -2.27. The van der Waals surface area contributed by atoms with Crippen molar-refractivity contribution in [1.29, 1.82) is 0 Å². The van der Waals surface area contributed by atoms with Crippen LogP contribution in [0.4, 0.5) is 0 Å². The summed E-state index contributed by atoms with van der Waals surface area (Å²) in [7, 11) is 0. The molecular weight excluding hydrogens is 370 g/mol. The van der Waals surface area contributed by atoms with Crippen molar-refractivity contribution in [3.05, 3.63) is 68.3 Å². The zero-order valence-corrected chi connectivity index (χ0v) is 17.6. The van der Waals surface area contributed by atoms with Crippen molar-refractivity contribution in [2.75, 3.05) is 5.75 Å². The lowest BCUT2D eigenvalue weighted by atomic mass is 10.0. The normalized spacial score (nSPS) is 14.0. The fourth-order valence-corrected chi connectivity index (χ4v) is 4.79. The monoisotopic (exact) mass is 395 g/mol. The molecule has 1 aliphatic carbocycles. The van der Waals surface area contributed by atoms with Gasteiger partial charge in [-0.3, -0.25) is 4.79 Å². The standard InChI is InChI=1S/C23H25NO3S/c1-13-7-20-17(10-23(26)27-22(20)8-14(13)2)11-28-12-21(25)19-9-15(3)24(16(19)4)18-5-6-18/h7-10,18H,5-6,11-12H2,1-4H3. The first-order chi connectivity index (χ1) is 13.3. The molecular formula is C23H25NO3S. The molecule has 0 atom stereocenters. The van der Waals surface area contributed by atoms with Crippen LogP contribution in [-0.2, 0) is 5.75 Å². The molecule has 146 valence electrons. The number of hydrogen-bond donors (Lipinski definition) is 0. The summed E-state index contributed by atoms with van der Waals surface area (Å²) in [4.78, 5) is 24.7. The Bertz CT molecular complexity index is 1130. The summed E-state index contributed by atoms with van der Waals surface area (Å²) < 4.78 is 7.66. The third-order valence-corrected chi connectivity index (χ3v) is 6.61. The average Bonchev–Trinajstić information content (AvgIpc) is 3.41. The lowest BCUT2D eigenvalue weighted by Crippen LogP contribution is -2.06. The molecule has 0 bridgehead atoms. The first kappa shape index (κ1) is 19.1. The highest BCUT2D eigenvalue weighted by molar-refractivity contribution is 7.99. The molecule has 4 rings (SSSR count). The minimum absolute atomic E-state index is 0.157. The van der Waals surface area contributed by atoms with Gasteiger partial charge in [0.15, 0.2) is 5.78 Å². The largest absolute Gasteiger partial charge is 0.423 e. The second kappa shape index (κ2) is 7.28. The van der Waals surface area contributed by atoms with Gasteiger partial charge in [0.05, 0.1) is 5.75 Å². The van der Waals surface area contributed by atoms with Crippen molar-refractivity contribution in [2.24, 2.45) is 0 Å². The zero-order valence-electron chi connectivity index (χ0n) is 16.8. The number of nitrogens with zero attached hydrogens (tertiary/aromatic N) is 1. The molecule has 3 aromatic rings. The van der Waals surface area contributed by atoms with E-state index < -0.39 is 0 Å². The highest BCUT2D eigenvalue weighted by Gasteiger charge is 2.28. The first-order valence-corrected chi connectivity index (χ1v) is 10.8. The van der Waals surface area contributed by atoms with Crippen molar-refractivity contribution < 1.29 is 9.21 Å². The number of carbonyl (C=O) groups is 1. The van der Waals surface area contributed by atoms with E-state index >= 15 is 0 Å². The van der Waals surface area contributed by atoms with Gasteiger partial charge >= 0.3 is 5.63 Å². The number of Topliss-reactive ketones (excluding diaryl/α,β-unsaturated/α-hetero) is 1. The number of aromatic nitrogens is 1. The minimum Gasteiger partial charge on any atom is -0.423 e. The van der Waals surface area contributed by atoms with Crippen LogP contribution in [0.15, 0.2) is 33.5 Å². The van der Waals surface area contributed by atoms with Crippen molar-refractivity contribution in [1.82, 2.24) is 4.57 Å². The Morgan fingerprint density at radius 1 is 1.11 bits per heavy atom. The number of thioether (sulfide) groups is 1. The van der Waals surface area contributed by atoms with E-state index in [0.717, 1.165) is 33.3 Å². The molecule has 0 radical (unpaired) electrons. The van der Waals surface area contributed by atoms with Crippen LogP contribution in [0.2, 0.25) is 0 Å². The summed E-state index contributed by atoms with van der Waals surface area (Å²) in [5.74, 6) is 1.17. The average molecular weight is 396 g/mol. The Labute approximate surface area is 168 Å². The molecule has 0 unspecified atom stereocenters. The number of hydrogen-bond acceptors (Lipinski definition) is 4. The molecule has 0 N–H and O–H groups in total. The van der Waals surface area contributed by atoms with E-state index in [0.29, 0.717) is 23.1 Å².